The van der Waals surface area contributed by atoms with Crippen molar-refractivity contribution in [3.8, 4) is 0 Å². The van der Waals surface area contributed by atoms with E-state index in [-0.39, 0.29) is 0 Å². The van der Waals surface area contributed by atoms with Crippen LogP contribution in [0.4, 0.5) is 9.59 Å². The molecule has 48 valence electrons. The first-order chi connectivity index (χ1) is 3.46. The number of carboxylic acid groups (broad SMARTS) is 2. The molecule has 0 atom stereocenters. The molecule has 0 saturated heterocycles. The number of primary amides is 1. The van der Waals surface area contributed by atoms with E-state index in [0.717, 1.165) is 0 Å². The van der Waals surface area contributed by atoms with Gasteiger partial charge in [0.15, 0.2) is 0 Å². The van der Waals surface area contributed by atoms with Gasteiger partial charge in [0.1, 0.15) is 6.09 Å². The lowest BCUT2D eigenvalue weighted by Gasteiger charge is -1.98. The third kappa shape index (κ3) is 71.9. The van der Waals surface area contributed by atoms with Gasteiger partial charge in [-0.05, 0) is 0 Å². The van der Waals surface area contributed by atoms with Gasteiger partial charge in [0.05, 0.1) is 0 Å². The fourth-order valence-electron chi connectivity index (χ4n) is 0. The smallest absolute Gasteiger partial charge is 0.131 e. The van der Waals surface area contributed by atoms with Crippen LogP contribution in [-0.2, 0) is 12.6 Å². The van der Waals surface area contributed by atoms with E-state index >= 15 is 0 Å². The molecule has 0 spiro atoms. The van der Waals surface area contributed by atoms with Gasteiger partial charge in [-0.15, -0.1) is 0 Å². The molecule has 6 heteroatoms. The van der Waals surface area contributed by atoms with Gasteiger partial charge in [-0.1, -0.05) is 5.30 Å². The zero-order valence-electron chi connectivity index (χ0n) is 3.62. The second-order valence-electron chi connectivity index (χ2n) is 0.569. The van der Waals surface area contributed by atoms with Gasteiger partial charge < -0.3 is 38.2 Å². The Morgan fingerprint density at radius 3 is 1.38 bits per heavy atom. The number of carbonyl (C=O) groups excluding carboxylic acids is 2. The molecular formula is C2H2NO4S-3. The van der Waals surface area contributed by atoms with Crippen LogP contribution < -0.4 is 15.9 Å². The number of amides is 1. The predicted octanol–water partition coefficient (Wildman–Crippen LogP) is -2.83. The summed E-state index contributed by atoms with van der Waals surface area (Å²) >= 11 is 3.43. The average Bonchev–Trinajstić information content (AvgIpc) is 1.25. The molecule has 0 radical (unpaired) electrons. The van der Waals surface area contributed by atoms with Crippen molar-refractivity contribution in [1.29, 1.82) is 0 Å². The molecule has 0 aliphatic carbocycles. The van der Waals surface area contributed by atoms with Crippen LogP contribution in [0.5, 0.6) is 0 Å². The van der Waals surface area contributed by atoms with Crippen molar-refractivity contribution < 1.29 is 19.8 Å². The number of carbonyl (C=O) groups is 2. The summed E-state index contributed by atoms with van der Waals surface area (Å²) in [6.45, 7) is 0. The van der Waals surface area contributed by atoms with E-state index in [2.05, 4.69) is 18.4 Å². The summed E-state index contributed by atoms with van der Waals surface area (Å²) in [6.07, 6.45) is -1.58. The summed E-state index contributed by atoms with van der Waals surface area (Å²) in [5, 5.41) is 15.9. The molecule has 0 fully saturated rings. The van der Waals surface area contributed by atoms with E-state index in [0.29, 0.717) is 0 Å². The SMILES string of the molecule is NC(=O)[O-].O=C([O-])[S-]. The monoisotopic (exact) mass is 136 g/mol. The predicted molar refractivity (Wildman–Crippen MR) is 22.3 cm³/mol. The third-order valence-corrected chi connectivity index (χ3v) is 0. The third-order valence-electron chi connectivity index (χ3n) is 0. The molecule has 0 heterocycles. The summed E-state index contributed by atoms with van der Waals surface area (Å²) in [7, 11) is 0. The molecule has 0 aromatic heterocycles. The van der Waals surface area contributed by atoms with Gasteiger partial charge in [-0.2, -0.15) is 0 Å². The van der Waals surface area contributed by atoms with Crippen molar-refractivity contribution >= 4 is 24.0 Å². The first kappa shape index (κ1) is 10.0. The first-order valence-corrected chi connectivity index (χ1v) is 1.72. The standard InChI is InChI=1S/CH3NO2.CH2O2S/c2*2-1(3)4/h2H2,(H,3,4);4H,(H,2,3)/p-3. The Balaban J connectivity index is 0. The Morgan fingerprint density at radius 1 is 1.38 bits per heavy atom. The molecule has 0 aromatic rings. The van der Waals surface area contributed by atoms with E-state index < -0.39 is 11.4 Å². The second kappa shape index (κ2) is 5.96. The van der Waals surface area contributed by atoms with Crippen molar-refractivity contribution in [2.45, 2.75) is 0 Å². The zero-order valence-corrected chi connectivity index (χ0v) is 4.44. The van der Waals surface area contributed by atoms with E-state index in [1.54, 1.807) is 0 Å². The lowest BCUT2D eigenvalue weighted by Crippen LogP contribution is -2.29. The second-order valence-corrected chi connectivity index (χ2v) is 0.902. The van der Waals surface area contributed by atoms with Crippen LogP contribution in [0.15, 0.2) is 0 Å². The number of rotatable bonds is 0. The fraction of sp³-hybridized carbons (Fsp3) is 0. The highest BCUT2D eigenvalue weighted by Crippen LogP contribution is 1.38. The summed E-state index contributed by atoms with van der Waals surface area (Å²) in [4.78, 5) is 17.4. The quantitative estimate of drug-likeness (QED) is 0.361. The molecule has 0 aliphatic rings. The maximum absolute atomic E-state index is 8.70. The van der Waals surface area contributed by atoms with Crippen LogP contribution >= 0.6 is 0 Å². The van der Waals surface area contributed by atoms with E-state index in [1.807, 2.05) is 0 Å². The number of hydrogen-bond donors (Lipinski definition) is 1. The van der Waals surface area contributed by atoms with Gasteiger partial charge >= 0.3 is 0 Å². The lowest BCUT2D eigenvalue weighted by molar-refractivity contribution is -0.245. The Hall–Kier alpha value is -1.04. The Labute approximate surface area is 50.5 Å². The summed E-state index contributed by atoms with van der Waals surface area (Å²) in [5.74, 6) is 0. The number of hydrogen-bond acceptors (Lipinski definition) is 5. The zero-order chi connectivity index (χ0) is 7.15. The normalized spacial score (nSPS) is 6.00. The first-order valence-electron chi connectivity index (χ1n) is 1.31. The topological polar surface area (TPSA) is 106 Å². The Bertz CT molecular complexity index is 72.0. The van der Waals surface area contributed by atoms with Crippen LogP contribution in [0.1, 0.15) is 0 Å². The van der Waals surface area contributed by atoms with Crippen LogP contribution in [0, 0.1) is 0 Å². The highest BCUT2D eigenvalue weighted by atomic mass is 32.1. The van der Waals surface area contributed by atoms with Crippen LogP contribution in [-0.4, -0.2) is 11.4 Å². The van der Waals surface area contributed by atoms with Crippen molar-refractivity contribution in [2.75, 3.05) is 0 Å². The highest BCUT2D eigenvalue weighted by molar-refractivity contribution is 7.76. The van der Waals surface area contributed by atoms with Crippen LogP contribution in [0.2, 0.25) is 0 Å². The average molecular weight is 136 g/mol. The van der Waals surface area contributed by atoms with Gasteiger partial charge in [0.25, 0.3) is 0 Å². The molecule has 8 heavy (non-hydrogen) atoms. The van der Waals surface area contributed by atoms with Gasteiger partial charge in [0, 0.05) is 0 Å². The summed E-state index contributed by atoms with van der Waals surface area (Å²) in [5.41, 5.74) is 3.92. The maximum atomic E-state index is 8.70. The lowest BCUT2D eigenvalue weighted by atomic mass is 11.3. The van der Waals surface area contributed by atoms with Crippen molar-refractivity contribution in [1.82, 2.24) is 0 Å². The van der Waals surface area contributed by atoms with E-state index in [1.165, 1.54) is 0 Å². The highest BCUT2D eigenvalue weighted by Gasteiger charge is 1.44. The largest absolute Gasteiger partial charge is 0.764 e. The summed E-state index contributed by atoms with van der Waals surface area (Å²) in [6, 6.07) is 0. The fourth-order valence-corrected chi connectivity index (χ4v) is 0. The molecule has 0 aromatic carbocycles. The molecule has 0 saturated carbocycles. The molecule has 2 N–H and O–H groups in total. The Kier molecular flexibility index (Phi) is 7.49. The van der Waals surface area contributed by atoms with E-state index in [4.69, 9.17) is 19.8 Å². The minimum absolute atomic E-state index is 1.50. The molecule has 0 unspecified atom stereocenters. The van der Waals surface area contributed by atoms with Crippen LogP contribution in [0.25, 0.3) is 0 Å². The van der Waals surface area contributed by atoms with Gasteiger partial charge in [0.2, 0.25) is 0 Å². The molecular weight excluding hydrogens is 134 g/mol. The minimum atomic E-state index is -1.58. The maximum Gasteiger partial charge on any atom is 0.131 e. The minimum Gasteiger partial charge on any atom is -0.764 e. The molecule has 0 rings (SSSR count). The van der Waals surface area contributed by atoms with Crippen LogP contribution in [0.3, 0.4) is 0 Å². The molecule has 0 bridgehead atoms. The van der Waals surface area contributed by atoms with Crippen molar-refractivity contribution in [3.63, 3.8) is 0 Å². The van der Waals surface area contributed by atoms with Gasteiger partial charge in [-0.25, -0.2) is 0 Å². The van der Waals surface area contributed by atoms with Crippen molar-refractivity contribution in [2.24, 2.45) is 5.73 Å². The molecule has 5 nitrogen and oxygen atoms in total. The number of nitrogens with two attached hydrogens (primary N) is 1. The summed E-state index contributed by atoms with van der Waals surface area (Å²) < 4.78 is 0. The molecule has 0 aliphatic heterocycles. The van der Waals surface area contributed by atoms with Gasteiger partial charge in [-0.3, -0.25) is 0 Å². The molecule has 1 amide bonds. The van der Waals surface area contributed by atoms with Crippen molar-refractivity contribution in [3.05, 3.63) is 0 Å². The van der Waals surface area contributed by atoms with E-state index in [9.17, 15) is 0 Å². The Morgan fingerprint density at radius 2 is 1.38 bits per heavy atom.